The van der Waals surface area contributed by atoms with Crippen LogP contribution in [-0.2, 0) is 4.57 Å². The highest BCUT2D eigenvalue weighted by Crippen LogP contribution is 2.34. The summed E-state index contributed by atoms with van der Waals surface area (Å²) in [5.74, 6) is 0. The van der Waals surface area contributed by atoms with Crippen LogP contribution in [-0.4, -0.2) is 22.0 Å². The summed E-state index contributed by atoms with van der Waals surface area (Å²) in [4.78, 5) is 17.4. The molecule has 82 valence electrons. The largest absolute Gasteiger partial charge is 0.327 e. The van der Waals surface area contributed by atoms with Crippen LogP contribution in [0.5, 0.6) is 0 Å². The van der Waals surface area contributed by atoms with Gasteiger partial charge in [-0.15, -0.1) is 0 Å². The third-order valence-electron chi connectivity index (χ3n) is 1.78. The highest BCUT2D eigenvalue weighted by molar-refractivity contribution is 7.51. The SMILES string of the molecule is N[C@H](/C=C/c1ccccc1)CP(=O)(O)O. The Hall–Kier alpha value is -0.930. The number of hydrogen-bond donors (Lipinski definition) is 3. The normalized spacial score (nSPS) is 14.3. The number of hydrogen-bond acceptors (Lipinski definition) is 2. The smallest absolute Gasteiger partial charge is 0.324 e. The van der Waals surface area contributed by atoms with Crippen molar-refractivity contribution in [1.82, 2.24) is 0 Å². The van der Waals surface area contributed by atoms with Gasteiger partial charge in [0.15, 0.2) is 0 Å². The van der Waals surface area contributed by atoms with Crippen LogP contribution >= 0.6 is 7.60 Å². The molecule has 1 aromatic rings. The van der Waals surface area contributed by atoms with Crippen LogP contribution in [0.25, 0.3) is 6.08 Å². The Bertz CT molecular complexity index is 372. The van der Waals surface area contributed by atoms with Gasteiger partial charge in [-0.05, 0) is 5.56 Å². The second-order valence-electron chi connectivity index (χ2n) is 3.28. The lowest BCUT2D eigenvalue weighted by Gasteiger charge is -2.07. The fourth-order valence-electron chi connectivity index (χ4n) is 1.13. The molecule has 1 aromatic carbocycles. The van der Waals surface area contributed by atoms with E-state index in [2.05, 4.69) is 0 Å². The van der Waals surface area contributed by atoms with Gasteiger partial charge < -0.3 is 15.5 Å². The van der Waals surface area contributed by atoms with Gasteiger partial charge >= 0.3 is 7.60 Å². The van der Waals surface area contributed by atoms with Crippen molar-refractivity contribution in [3.63, 3.8) is 0 Å². The first-order valence-corrected chi connectivity index (χ1v) is 6.30. The van der Waals surface area contributed by atoms with Crippen LogP contribution in [0.15, 0.2) is 36.4 Å². The summed E-state index contributed by atoms with van der Waals surface area (Å²) in [6.07, 6.45) is 3.02. The zero-order chi connectivity index (χ0) is 11.3. The molecule has 5 heteroatoms. The van der Waals surface area contributed by atoms with Gasteiger partial charge in [-0.1, -0.05) is 42.5 Å². The summed E-state index contributed by atoms with van der Waals surface area (Å²) < 4.78 is 10.6. The average molecular weight is 227 g/mol. The lowest BCUT2D eigenvalue weighted by atomic mass is 10.2. The lowest BCUT2D eigenvalue weighted by Crippen LogP contribution is -2.21. The molecule has 0 fully saturated rings. The summed E-state index contributed by atoms with van der Waals surface area (Å²) >= 11 is 0. The molecule has 15 heavy (non-hydrogen) atoms. The van der Waals surface area contributed by atoms with Crippen LogP contribution in [0, 0.1) is 0 Å². The molecule has 4 N–H and O–H groups in total. The maximum atomic E-state index is 10.6. The maximum absolute atomic E-state index is 10.6. The Balaban J connectivity index is 2.55. The molecule has 0 saturated carbocycles. The van der Waals surface area contributed by atoms with Gasteiger partial charge in [-0.2, -0.15) is 0 Å². The molecule has 0 aliphatic carbocycles. The molecule has 0 spiro atoms. The third kappa shape index (κ3) is 5.50. The van der Waals surface area contributed by atoms with Crippen molar-refractivity contribution < 1.29 is 14.4 Å². The second-order valence-corrected chi connectivity index (χ2v) is 4.98. The van der Waals surface area contributed by atoms with E-state index in [1.165, 1.54) is 0 Å². The number of benzene rings is 1. The van der Waals surface area contributed by atoms with Crippen LogP contribution in [0.3, 0.4) is 0 Å². The van der Waals surface area contributed by atoms with E-state index in [-0.39, 0.29) is 6.16 Å². The zero-order valence-electron chi connectivity index (χ0n) is 8.15. The summed E-state index contributed by atoms with van der Waals surface area (Å²) in [6.45, 7) is 0. The Morgan fingerprint density at radius 2 is 1.93 bits per heavy atom. The van der Waals surface area contributed by atoms with Gasteiger partial charge in [0.1, 0.15) is 0 Å². The van der Waals surface area contributed by atoms with Crippen molar-refractivity contribution in [3.8, 4) is 0 Å². The molecule has 0 unspecified atom stereocenters. The lowest BCUT2D eigenvalue weighted by molar-refractivity contribution is 0.371. The van der Waals surface area contributed by atoms with Gasteiger partial charge in [0.05, 0.1) is 6.16 Å². The minimum absolute atomic E-state index is 0.323. The first kappa shape index (κ1) is 12.1. The summed E-state index contributed by atoms with van der Waals surface area (Å²) in [7, 11) is -4.02. The first-order valence-electron chi connectivity index (χ1n) is 4.51. The molecule has 0 amide bonds. The predicted octanol–water partition coefficient (Wildman–Crippen LogP) is 1.20. The van der Waals surface area contributed by atoms with Crippen molar-refractivity contribution >= 4 is 13.7 Å². The molecular formula is C10H14NO3P. The third-order valence-corrected chi connectivity index (χ3v) is 2.68. The van der Waals surface area contributed by atoms with Gasteiger partial charge in [0, 0.05) is 6.04 Å². The monoisotopic (exact) mass is 227 g/mol. The van der Waals surface area contributed by atoms with Gasteiger partial charge in [-0.25, -0.2) is 0 Å². The molecule has 1 atom stereocenters. The minimum atomic E-state index is -4.02. The van der Waals surface area contributed by atoms with Crippen molar-refractivity contribution in [1.29, 1.82) is 0 Å². The quantitative estimate of drug-likeness (QED) is 0.675. The number of nitrogens with two attached hydrogens (primary N) is 1. The molecular weight excluding hydrogens is 213 g/mol. The van der Waals surface area contributed by atoms with E-state index in [1.807, 2.05) is 30.3 Å². The van der Waals surface area contributed by atoms with Crippen molar-refractivity contribution in [3.05, 3.63) is 42.0 Å². The molecule has 0 radical (unpaired) electrons. The fraction of sp³-hybridized carbons (Fsp3) is 0.200. The molecule has 0 bridgehead atoms. The maximum Gasteiger partial charge on any atom is 0.327 e. The van der Waals surface area contributed by atoms with Gasteiger partial charge in [-0.3, -0.25) is 4.57 Å². The Morgan fingerprint density at radius 3 is 2.47 bits per heavy atom. The highest BCUT2D eigenvalue weighted by Gasteiger charge is 2.16. The van der Waals surface area contributed by atoms with Gasteiger partial charge in [0.2, 0.25) is 0 Å². The summed E-state index contributed by atoms with van der Waals surface area (Å²) in [5, 5.41) is 0. The van der Waals surface area contributed by atoms with Crippen molar-refractivity contribution in [2.24, 2.45) is 5.73 Å². The predicted molar refractivity (Wildman–Crippen MR) is 60.4 cm³/mol. The van der Waals surface area contributed by atoms with Crippen LogP contribution in [0.1, 0.15) is 5.56 Å². The van der Waals surface area contributed by atoms with Crippen LogP contribution in [0.2, 0.25) is 0 Å². The fourth-order valence-corrected chi connectivity index (χ4v) is 1.81. The highest BCUT2D eigenvalue weighted by atomic mass is 31.2. The minimum Gasteiger partial charge on any atom is -0.324 e. The Kier molecular flexibility index (Phi) is 4.24. The first-order chi connectivity index (χ1) is 6.97. The van der Waals surface area contributed by atoms with E-state index in [9.17, 15) is 4.57 Å². The molecule has 0 heterocycles. The molecule has 0 aliphatic rings. The van der Waals surface area contributed by atoms with Crippen molar-refractivity contribution in [2.75, 3.05) is 6.16 Å². The van der Waals surface area contributed by atoms with E-state index >= 15 is 0 Å². The number of rotatable bonds is 4. The van der Waals surface area contributed by atoms with Gasteiger partial charge in [0.25, 0.3) is 0 Å². The van der Waals surface area contributed by atoms with E-state index in [0.717, 1.165) is 5.56 Å². The molecule has 0 saturated heterocycles. The average Bonchev–Trinajstić information content (AvgIpc) is 2.14. The molecule has 0 aromatic heterocycles. The molecule has 4 nitrogen and oxygen atoms in total. The van der Waals surface area contributed by atoms with E-state index in [1.54, 1.807) is 12.2 Å². The summed E-state index contributed by atoms with van der Waals surface area (Å²) in [6, 6.07) is 8.82. The Morgan fingerprint density at radius 1 is 1.33 bits per heavy atom. The molecule has 1 rings (SSSR count). The van der Waals surface area contributed by atoms with E-state index < -0.39 is 13.6 Å². The topological polar surface area (TPSA) is 83.6 Å². The van der Waals surface area contributed by atoms with E-state index in [4.69, 9.17) is 15.5 Å². The zero-order valence-corrected chi connectivity index (χ0v) is 9.05. The van der Waals surface area contributed by atoms with Crippen LogP contribution in [0.4, 0.5) is 0 Å². The summed E-state index contributed by atoms with van der Waals surface area (Å²) in [5.41, 5.74) is 6.49. The molecule has 0 aliphatic heterocycles. The Labute approximate surface area is 88.6 Å². The van der Waals surface area contributed by atoms with E-state index in [0.29, 0.717) is 0 Å². The van der Waals surface area contributed by atoms with Crippen molar-refractivity contribution in [2.45, 2.75) is 6.04 Å². The van der Waals surface area contributed by atoms with Crippen LogP contribution < -0.4 is 5.73 Å². The second kappa shape index (κ2) is 5.24. The standard InChI is InChI=1S/C10H14NO3P/c11-10(8-15(12,13)14)7-6-9-4-2-1-3-5-9/h1-7,10H,8,11H2,(H2,12,13,14)/b7-6+/t10-/m1/s1.